The summed E-state index contributed by atoms with van der Waals surface area (Å²) in [6.07, 6.45) is 7.31. The summed E-state index contributed by atoms with van der Waals surface area (Å²) in [6, 6.07) is 2.09. The minimum Gasteiger partial charge on any atom is -0.364 e. The Hall–Kier alpha value is -2.94. The summed E-state index contributed by atoms with van der Waals surface area (Å²) in [5, 5.41) is 7.53. The van der Waals surface area contributed by atoms with E-state index in [-0.39, 0.29) is 11.5 Å². The maximum Gasteiger partial charge on any atom is 0.268 e. The molecular formula is C19H22N6O2S. The molecule has 0 aromatic carbocycles. The van der Waals surface area contributed by atoms with Crippen LogP contribution in [0, 0.1) is 5.41 Å². The molecule has 1 saturated carbocycles. The fraction of sp³-hybridized carbons (Fsp3) is 0.368. The number of thiazole rings is 1. The first-order valence-electron chi connectivity index (χ1n) is 9.08. The van der Waals surface area contributed by atoms with E-state index in [9.17, 15) is 9.59 Å². The molecule has 9 heteroatoms. The van der Waals surface area contributed by atoms with Crippen molar-refractivity contribution in [1.29, 1.82) is 0 Å². The Kier molecular flexibility index (Phi) is 4.34. The standard InChI is InChI=1S/C19H22N6O2S/c1-19(2,3)16(26)10-6-13(21-7-10)15-14(17(20)27)24-18(28-15)25(11-4-5-11)12-8-22-23-9-12/h6-9,11,21H,4-5H2,1-3H3,(H2,20,27)(H,22,23). The van der Waals surface area contributed by atoms with E-state index in [4.69, 9.17) is 5.73 Å². The van der Waals surface area contributed by atoms with Crippen molar-refractivity contribution >= 4 is 33.8 Å². The van der Waals surface area contributed by atoms with Crippen molar-refractivity contribution in [1.82, 2.24) is 20.2 Å². The van der Waals surface area contributed by atoms with E-state index in [1.165, 1.54) is 11.3 Å². The van der Waals surface area contributed by atoms with Gasteiger partial charge in [0, 0.05) is 29.4 Å². The normalized spacial score (nSPS) is 14.2. The first-order chi connectivity index (χ1) is 13.3. The lowest BCUT2D eigenvalue weighted by molar-refractivity contribution is 0.0858. The van der Waals surface area contributed by atoms with Crippen molar-refractivity contribution in [2.75, 3.05) is 4.90 Å². The zero-order chi connectivity index (χ0) is 20.1. The summed E-state index contributed by atoms with van der Waals surface area (Å²) in [4.78, 5) is 34.9. The van der Waals surface area contributed by atoms with E-state index in [0.29, 0.717) is 27.3 Å². The number of Topliss-reactive ketones (excluding diaryl/α,β-unsaturated/α-hetero) is 1. The number of primary amides is 1. The first kappa shape index (κ1) is 18.4. The van der Waals surface area contributed by atoms with Crippen LogP contribution in [0.2, 0.25) is 0 Å². The molecule has 0 unspecified atom stereocenters. The smallest absolute Gasteiger partial charge is 0.268 e. The second-order valence-electron chi connectivity index (χ2n) is 7.98. The van der Waals surface area contributed by atoms with Crippen LogP contribution in [0.25, 0.3) is 10.6 Å². The van der Waals surface area contributed by atoms with Crippen molar-refractivity contribution in [2.24, 2.45) is 11.1 Å². The second-order valence-corrected chi connectivity index (χ2v) is 8.95. The number of rotatable bonds is 6. The summed E-state index contributed by atoms with van der Waals surface area (Å²) >= 11 is 1.38. The van der Waals surface area contributed by atoms with Crippen LogP contribution in [0.15, 0.2) is 24.7 Å². The summed E-state index contributed by atoms with van der Waals surface area (Å²) < 4.78 is 0. The number of hydrogen-bond acceptors (Lipinski definition) is 6. The van der Waals surface area contributed by atoms with Crippen molar-refractivity contribution in [2.45, 2.75) is 39.7 Å². The number of nitrogens with one attached hydrogen (secondary N) is 2. The molecule has 0 radical (unpaired) electrons. The van der Waals surface area contributed by atoms with Gasteiger partial charge in [0.2, 0.25) is 0 Å². The molecule has 3 heterocycles. The number of nitrogens with zero attached hydrogens (tertiary/aromatic N) is 3. The molecular weight excluding hydrogens is 376 g/mol. The van der Waals surface area contributed by atoms with Crippen LogP contribution < -0.4 is 10.6 Å². The van der Waals surface area contributed by atoms with Crippen molar-refractivity contribution in [3.8, 4) is 10.6 Å². The average molecular weight is 398 g/mol. The molecule has 8 nitrogen and oxygen atoms in total. The summed E-state index contributed by atoms with van der Waals surface area (Å²) in [5.74, 6) is -0.572. The molecule has 0 saturated heterocycles. The number of carbonyl (C=O) groups is 2. The number of carbonyl (C=O) groups excluding carboxylic acids is 2. The van der Waals surface area contributed by atoms with Gasteiger partial charge in [-0.1, -0.05) is 32.1 Å². The lowest BCUT2D eigenvalue weighted by Gasteiger charge is -2.18. The highest BCUT2D eigenvalue weighted by Gasteiger charge is 2.34. The van der Waals surface area contributed by atoms with E-state index in [1.807, 2.05) is 20.8 Å². The Labute approximate surface area is 166 Å². The predicted octanol–water partition coefficient (Wildman–Crippen LogP) is 3.49. The number of ketones is 1. The molecule has 3 aromatic rings. The summed E-state index contributed by atoms with van der Waals surface area (Å²) in [6.45, 7) is 5.63. The minimum absolute atomic E-state index is 0.0263. The Morgan fingerprint density at radius 3 is 2.61 bits per heavy atom. The number of nitrogens with two attached hydrogens (primary N) is 1. The molecule has 0 aliphatic heterocycles. The summed E-state index contributed by atoms with van der Waals surface area (Å²) in [5.41, 5.74) is 7.44. The SMILES string of the molecule is CC(C)(C)C(=O)c1c[nH]c(-c2sc(N(c3cn[nH]c3)C3CC3)nc2C(N)=O)c1. The van der Waals surface area contributed by atoms with Gasteiger partial charge in [-0.2, -0.15) is 5.10 Å². The molecule has 1 fully saturated rings. The molecule has 146 valence electrons. The zero-order valence-corrected chi connectivity index (χ0v) is 16.8. The molecule has 3 aromatic heterocycles. The lowest BCUT2D eigenvalue weighted by atomic mass is 9.87. The molecule has 1 aliphatic rings. The van der Waals surface area contributed by atoms with Gasteiger partial charge in [0.1, 0.15) is 0 Å². The van der Waals surface area contributed by atoms with Crippen LogP contribution in [0.5, 0.6) is 0 Å². The van der Waals surface area contributed by atoms with Crippen LogP contribution >= 0.6 is 11.3 Å². The molecule has 0 atom stereocenters. The molecule has 28 heavy (non-hydrogen) atoms. The number of aromatic nitrogens is 4. The van der Waals surface area contributed by atoms with Crippen LogP contribution in [-0.2, 0) is 0 Å². The number of hydrogen-bond donors (Lipinski definition) is 3. The van der Waals surface area contributed by atoms with E-state index in [2.05, 4.69) is 25.1 Å². The van der Waals surface area contributed by atoms with Gasteiger partial charge in [-0.25, -0.2) is 4.98 Å². The maximum atomic E-state index is 12.6. The maximum absolute atomic E-state index is 12.6. The first-order valence-corrected chi connectivity index (χ1v) is 9.89. The third-order valence-electron chi connectivity index (χ3n) is 4.60. The third kappa shape index (κ3) is 3.33. The van der Waals surface area contributed by atoms with Crippen LogP contribution in [0.4, 0.5) is 10.8 Å². The Balaban J connectivity index is 1.75. The van der Waals surface area contributed by atoms with E-state index >= 15 is 0 Å². The van der Waals surface area contributed by atoms with Gasteiger partial charge in [-0.05, 0) is 18.9 Å². The Bertz CT molecular complexity index is 1020. The lowest BCUT2D eigenvalue weighted by Crippen LogP contribution is -2.19. The van der Waals surface area contributed by atoms with Gasteiger partial charge in [0.05, 0.1) is 22.5 Å². The van der Waals surface area contributed by atoms with Gasteiger partial charge in [-0.15, -0.1) is 0 Å². The van der Waals surface area contributed by atoms with Crippen LogP contribution in [0.3, 0.4) is 0 Å². The minimum atomic E-state index is -0.598. The van der Waals surface area contributed by atoms with Gasteiger partial charge in [-0.3, -0.25) is 14.7 Å². The van der Waals surface area contributed by atoms with Crippen molar-refractivity contribution in [3.05, 3.63) is 35.9 Å². The van der Waals surface area contributed by atoms with Crippen LogP contribution in [0.1, 0.15) is 54.5 Å². The number of anilines is 2. The number of amides is 1. The monoisotopic (exact) mass is 398 g/mol. The highest BCUT2D eigenvalue weighted by atomic mass is 32.1. The topological polar surface area (TPSA) is 121 Å². The van der Waals surface area contributed by atoms with Gasteiger partial charge in [0.25, 0.3) is 5.91 Å². The second kappa shape index (κ2) is 6.59. The third-order valence-corrected chi connectivity index (χ3v) is 5.69. The van der Waals surface area contributed by atoms with Crippen molar-refractivity contribution < 1.29 is 9.59 Å². The largest absolute Gasteiger partial charge is 0.364 e. The highest BCUT2D eigenvalue weighted by Crippen LogP contribution is 2.43. The van der Waals surface area contributed by atoms with E-state index in [0.717, 1.165) is 18.5 Å². The number of aromatic amines is 2. The van der Waals surface area contributed by atoms with Gasteiger partial charge >= 0.3 is 0 Å². The summed E-state index contributed by atoms with van der Waals surface area (Å²) in [7, 11) is 0. The molecule has 0 bridgehead atoms. The highest BCUT2D eigenvalue weighted by molar-refractivity contribution is 7.19. The number of H-pyrrole nitrogens is 2. The molecule has 4 rings (SSSR count). The molecule has 0 spiro atoms. The molecule has 1 amide bonds. The Morgan fingerprint density at radius 2 is 2.04 bits per heavy atom. The van der Waals surface area contributed by atoms with Gasteiger partial charge < -0.3 is 15.6 Å². The zero-order valence-electron chi connectivity index (χ0n) is 15.9. The molecule has 1 aliphatic carbocycles. The van der Waals surface area contributed by atoms with E-state index < -0.39 is 11.3 Å². The molecule has 4 N–H and O–H groups in total. The predicted molar refractivity (Wildman–Crippen MR) is 108 cm³/mol. The fourth-order valence-electron chi connectivity index (χ4n) is 3.04. The Morgan fingerprint density at radius 1 is 1.29 bits per heavy atom. The van der Waals surface area contributed by atoms with Crippen molar-refractivity contribution in [3.63, 3.8) is 0 Å². The van der Waals surface area contributed by atoms with E-state index in [1.54, 1.807) is 24.7 Å². The average Bonchev–Trinajstić information content (AvgIpc) is 3.07. The van der Waals surface area contributed by atoms with Gasteiger partial charge in [0.15, 0.2) is 16.6 Å². The quantitative estimate of drug-likeness (QED) is 0.549. The fourth-order valence-corrected chi connectivity index (χ4v) is 4.18. The van der Waals surface area contributed by atoms with Crippen LogP contribution in [-0.4, -0.2) is 37.9 Å².